The lowest BCUT2D eigenvalue weighted by Crippen LogP contribution is -2.26. The zero-order valence-corrected chi connectivity index (χ0v) is 10.7. The molecule has 1 saturated carbocycles. The highest BCUT2D eigenvalue weighted by Gasteiger charge is 2.21. The molecule has 0 aliphatic heterocycles. The van der Waals surface area contributed by atoms with Crippen LogP contribution < -0.4 is 5.32 Å². The van der Waals surface area contributed by atoms with Gasteiger partial charge in [-0.1, -0.05) is 6.92 Å². The molecule has 0 atom stereocenters. The number of ketones is 1. The van der Waals surface area contributed by atoms with Gasteiger partial charge in [0, 0.05) is 24.7 Å². The van der Waals surface area contributed by atoms with Crippen LogP contribution in [0.3, 0.4) is 0 Å². The van der Waals surface area contributed by atoms with Gasteiger partial charge in [-0.2, -0.15) is 5.10 Å². The van der Waals surface area contributed by atoms with Crippen molar-refractivity contribution < 1.29 is 4.79 Å². The molecule has 1 heterocycles. The van der Waals surface area contributed by atoms with Crippen molar-refractivity contribution in [3.8, 4) is 0 Å². The summed E-state index contributed by atoms with van der Waals surface area (Å²) in [5.41, 5.74) is 2.12. The van der Waals surface area contributed by atoms with Gasteiger partial charge in [0.25, 0.3) is 0 Å². The smallest absolute Gasteiger partial charge is 0.152 e. The van der Waals surface area contributed by atoms with E-state index in [1.807, 2.05) is 4.68 Å². The van der Waals surface area contributed by atoms with E-state index in [0.717, 1.165) is 24.4 Å². The normalized spacial score (nSPS) is 15.2. The Morgan fingerprint density at radius 1 is 1.53 bits per heavy atom. The zero-order valence-electron chi connectivity index (χ0n) is 10.7. The van der Waals surface area contributed by atoms with Gasteiger partial charge < -0.3 is 5.32 Å². The van der Waals surface area contributed by atoms with Crippen LogP contribution in [0.25, 0.3) is 0 Å². The van der Waals surface area contributed by atoms with Crippen molar-refractivity contribution >= 4 is 5.78 Å². The summed E-state index contributed by atoms with van der Waals surface area (Å²) in [6.07, 6.45) is 3.87. The van der Waals surface area contributed by atoms with E-state index >= 15 is 0 Å². The lowest BCUT2D eigenvalue weighted by atomic mass is 10.2. The Labute approximate surface area is 102 Å². The average molecular weight is 235 g/mol. The minimum atomic E-state index is 0.258. The number of hydrogen-bond donors (Lipinski definition) is 1. The van der Waals surface area contributed by atoms with E-state index in [9.17, 15) is 4.79 Å². The summed E-state index contributed by atoms with van der Waals surface area (Å²) in [6, 6.07) is 2.65. The van der Waals surface area contributed by atoms with E-state index in [0.29, 0.717) is 19.0 Å². The summed E-state index contributed by atoms with van der Waals surface area (Å²) in [5.74, 6) is 0.258. The molecule has 1 aliphatic rings. The van der Waals surface area contributed by atoms with E-state index in [2.05, 4.69) is 30.3 Å². The van der Waals surface area contributed by atoms with E-state index in [-0.39, 0.29) is 5.78 Å². The Morgan fingerprint density at radius 3 is 2.88 bits per heavy atom. The first-order chi connectivity index (χ1) is 8.22. The minimum absolute atomic E-state index is 0.258. The molecule has 0 bridgehead atoms. The number of rotatable bonds is 7. The lowest BCUT2D eigenvalue weighted by molar-refractivity contribution is -0.117. The molecular weight excluding hydrogens is 214 g/mol. The van der Waals surface area contributed by atoms with Gasteiger partial charge in [0.1, 0.15) is 0 Å². The molecule has 94 valence electrons. The Bertz CT molecular complexity index is 393. The highest BCUT2D eigenvalue weighted by atomic mass is 16.1. The van der Waals surface area contributed by atoms with Gasteiger partial charge in [-0.3, -0.25) is 9.48 Å². The van der Waals surface area contributed by atoms with Crippen LogP contribution in [0, 0.1) is 0 Å². The fourth-order valence-corrected chi connectivity index (χ4v) is 1.91. The van der Waals surface area contributed by atoms with Gasteiger partial charge in [-0.05, 0) is 32.3 Å². The molecule has 4 nitrogen and oxygen atoms in total. The summed E-state index contributed by atoms with van der Waals surface area (Å²) in [7, 11) is 0. The maximum Gasteiger partial charge on any atom is 0.152 e. The number of hydrogen-bond acceptors (Lipinski definition) is 3. The zero-order chi connectivity index (χ0) is 12.3. The monoisotopic (exact) mass is 235 g/mol. The Balaban J connectivity index is 1.91. The van der Waals surface area contributed by atoms with Crippen molar-refractivity contribution in [2.24, 2.45) is 0 Å². The van der Waals surface area contributed by atoms with Gasteiger partial charge in [0.15, 0.2) is 5.78 Å². The molecule has 1 aliphatic carbocycles. The molecule has 1 aromatic heterocycles. The van der Waals surface area contributed by atoms with E-state index in [1.165, 1.54) is 12.8 Å². The number of carbonyl (C=O) groups is 1. The number of aryl methyl sites for hydroxylation is 2. The number of Topliss-reactive ketones (excluding diaryl/α,β-unsaturated/α-hetero) is 1. The summed E-state index contributed by atoms with van der Waals surface area (Å²) >= 11 is 0. The van der Waals surface area contributed by atoms with E-state index in [1.54, 1.807) is 0 Å². The Morgan fingerprint density at radius 2 is 2.29 bits per heavy atom. The maximum absolute atomic E-state index is 11.8. The van der Waals surface area contributed by atoms with Crippen molar-refractivity contribution in [2.45, 2.75) is 52.1 Å². The van der Waals surface area contributed by atoms with Crippen LogP contribution in [0.2, 0.25) is 0 Å². The summed E-state index contributed by atoms with van der Waals surface area (Å²) < 4.78 is 1.94. The second-order valence-electron chi connectivity index (χ2n) is 4.67. The maximum atomic E-state index is 11.8. The summed E-state index contributed by atoms with van der Waals surface area (Å²) in [6.45, 7) is 5.48. The molecule has 1 aromatic rings. The average Bonchev–Trinajstić information content (AvgIpc) is 3.08. The van der Waals surface area contributed by atoms with E-state index < -0.39 is 0 Å². The van der Waals surface area contributed by atoms with Gasteiger partial charge >= 0.3 is 0 Å². The SMILES string of the molecule is CCc1cc(CC(=O)CNC2CC2)n(CC)n1. The predicted molar refractivity (Wildman–Crippen MR) is 67.0 cm³/mol. The van der Waals surface area contributed by atoms with Crippen molar-refractivity contribution in [3.63, 3.8) is 0 Å². The highest BCUT2D eigenvalue weighted by molar-refractivity contribution is 5.82. The van der Waals surface area contributed by atoms with Crippen molar-refractivity contribution in [2.75, 3.05) is 6.54 Å². The number of aromatic nitrogens is 2. The summed E-state index contributed by atoms with van der Waals surface area (Å²) in [4.78, 5) is 11.8. The molecule has 0 unspecified atom stereocenters. The van der Waals surface area contributed by atoms with Gasteiger partial charge in [0.05, 0.1) is 12.2 Å². The molecule has 2 rings (SSSR count). The third kappa shape index (κ3) is 3.40. The third-order valence-corrected chi connectivity index (χ3v) is 3.12. The molecule has 0 aromatic carbocycles. The third-order valence-electron chi connectivity index (χ3n) is 3.12. The van der Waals surface area contributed by atoms with Crippen LogP contribution in [0.1, 0.15) is 38.1 Å². The van der Waals surface area contributed by atoms with Crippen LogP contribution in [-0.2, 0) is 24.2 Å². The summed E-state index contributed by atoms with van der Waals surface area (Å²) in [5, 5.41) is 7.71. The highest BCUT2D eigenvalue weighted by Crippen LogP contribution is 2.18. The molecule has 0 amide bonds. The van der Waals surface area contributed by atoms with Crippen LogP contribution in [0.5, 0.6) is 0 Å². The second kappa shape index (κ2) is 5.45. The fourth-order valence-electron chi connectivity index (χ4n) is 1.91. The molecule has 0 spiro atoms. The van der Waals surface area contributed by atoms with Crippen molar-refractivity contribution in [3.05, 3.63) is 17.5 Å². The number of carbonyl (C=O) groups excluding carboxylic acids is 1. The van der Waals surface area contributed by atoms with Crippen LogP contribution in [0.15, 0.2) is 6.07 Å². The molecule has 1 N–H and O–H groups in total. The molecule has 17 heavy (non-hydrogen) atoms. The number of nitrogens with one attached hydrogen (secondary N) is 1. The van der Waals surface area contributed by atoms with Gasteiger partial charge in [0.2, 0.25) is 0 Å². The molecule has 0 radical (unpaired) electrons. The number of nitrogens with zero attached hydrogens (tertiary/aromatic N) is 2. The van der Waals surface area contributed by atoms with E-state index in [4.69, 9.17) is 0 Å². The first-order valence-electron chi connectivity index (χ1n) is 6.53. The van der Waals surface area contributed by atoms with Crippen molar-refractivity contribution in [1.29, 1.82) is 0 Å². The first kappa shape index (κ1) is 12.3. The van der Waals surface area contributed by atoms with Gasteiger partial charge in [-0.25, -0.2) is 0 Å². The standard InChI is InChI=1S/C13H21N3O/c1-3-10-7-12(16(4-2)15-10)8-13(17)9-14-11-5-6-11/h7,11,14H,3-6,8-9H2,1-2H3. The van der Waals surface area contributed by atoms with Crippen LogP contribution in [-0.4, -0.2) is 28.2 Å². The fraction of sp³-hybridized carbons (Fsp3) is 0.692. The minimum Gasteiger partial charge on any atom is -0.307 e. The molecule has 1 fully saturated rings. The molecular formula is C13H21N3O. The Kier molecular flexibility index (Phi) is 3.94. The van der Waals surface area contributed by atoms with Gasteiger partial charge in [-0.15, -0.1) is 0 Å². The quantitative estimate of drug-likeness (QED) is 0.775. The largest absolute Gasteiger partial charge is 0.307 e. The lowest BCUT2D eigenvalue weighted by Gasteiger charge is -2.04. The predicted octanol–water partition coefficient (Wildman–Crippen LogP) is 1.33. The first-order valence-corrected chi connectivity index (χ1v) is 6.53. The van der Waals surface area contributed by atoms with Crippen LogP contribution in [0.4, 0.5) is 0 Å². The second-order valence-corrected chi connectivity index (χ2v) is 4.67. The molecule has 0 saturated heterocycles. The van der Waals surface area contributed by atoms with Crippen LogP contribution >= 0.6 is 0 Å². The molecule has 4 heteroatoms. The Hall–Kier alpha value is -1.16. The topological polar surface area (TPSA) is 46.9 Å². The van der Waals surface area contributed by atoms with Crippen molar-refractivity contribution in [1.82, 2.24) is 15.1 Å².